The van der Waals surface area contributed by atoms with Crippen LogP contribution in [-0.2, 0) is 16.1 Å². The fourth-order valence-electron chi connectivity index (χ4n) is 7.16. The van der Waals surface area contributed by atoms with Crippen LogP contribution in [0.3, 0.4) is 0 Å². The first kappa shape index (κ1) is 20.9. The van der Waals surface area contributed by atoms with Crippen LogP contribution in [-0.4, -0.2) is 53.8 Å². The van der Waals surface area contributed by atoms with Crippen molar-refractivity contribution < 1.29 is 14.0 Å². The van der Waals surface area contributed by atoms with Gasteiger partial charge >= 0.3 is 0 Å². The average Bonchev–Trinajstić information content (AvgIpc) is 2.76. The van der Waals surface area contributed by atoms with Crippen LogP contribution in [0.5, 0.6) is 0 Å². The number of piperazine rings is 1. The van der Waals surface area contributed by atoms with Gasteiger partial charge in [0.2, 0.25) is 11.8 Å². The minimum Gasteiger partial charge on any atom is -0.351 e. The van der Waals surface area contributed by atoms with E-state index in [0.717, 1.165) is 37.0 Å². The Bertz CT molecular complexity index is 814. The van der Waals surface area contributed by atoms with Gasteiger partial charge in [0.25, 0.3) is 0 Å². The lowest BCUT2D eigenvalue weighted by atomic mass is 9.49. The van der Waals surface area contributed by atoms with Gasteiger partial charge in [-0.3, -0.25) is 14.5 Å². The fourth-order valence-corrected chi connectivity index (χ4v) is 7.16. The minimum absolute atomic E-state index is 0.0837. The van der Waals surface area contributed by atoms with Crippen LogP contribution in [0.1, 0.15) is 51.0 Å². The van der Waals surface area contributed by atoms with Crippen molar-refractivity contribution in [2.24, 2.45) is 23.2 Å². The number of carbonyl (C=O) groups is 2. The number of carbonyl (C=O) groups excluding carboxylic acids is 2. The Labute approximate surface area is 184 Å². The summed E-state index contributed by atoms with van der Waals surface area (Å²) in [5.74, 6) is 2.32. The molecule has 4 saturated carbocycles. The SMILES string of the molecule is CC(C(=O)NCc1ccccc1F)N1CCN(C(=O)C23CC4CC(CC(C4)C2)C3)CC1. The summed E-state index contributed by atoms with van der Waals surface area (Å²) in [5, 5.41) is 2.86. The largest absolute Gasteiger partial charge is 0.351 e. The first-order chi connectivity index (χ1) is 14.9. The monoisotopic (exact) mass is 427 g/mol. The summed E-state index contributed by atoms with van der Waals surface area (Å²) in [6.07, 6.45) is 7.35. The van der Waals surface area contributed by atoms with Gasteiger partial charge in [0.1, 0.15) is 5.82 Å². The summed E-state index contributed by atoms with van der Waals surface area (Å²) in [7, 11) is 0. The van der Waals surface area contributed by atoms with E-state index in [1.807, 2.05) is 6.92 Å². The topological polar surface area (TPSA) is 52.7 Å². The van der Waals surface area contributed by atoms with Crippen molar-refractivity contribution in [3.63, 3.8) is 0 Å². The molecule has 1 unspecified atom stereocenters. The van der Waals surface area contributed by atoms with Gasteiger partial charge in [-0.25, -0.2) is 4.39 Å². The summed E-state index contributed by atoms with van der Waals surface area (Å²) < 4.78 is 13.8. The first-order valence-corrected chi connectivity index (χ1v) is 12.0. The third-order valence-electron chi connectivity index (χ3n) is 8.43. The maximum absolute atomic E-state index is 13.8. The minimum atomic E-state index is -0.299. The number of amides is 2. The lowest BCUT2D eigenvalue weighted by Crippen LogP contribution is -2.60. The van der Waals surface area contributed by atoms with Crippen LogP contribution in [0.4, 0.5) is 4.39 Å². The predicted octanol–water partition coefficient (Wildman–Crippen LogP) is 3.19. The van der Waals surface area contributed by atoms with Gasteiger partial charge in [0.15, 0.2) is 0 Å². The molecule has 6 rings (SSSR count). The average molecular weight is 428 g/mol. The first-order valence-electron chi connectivity index (χ1n) is 12.0. The zero-order valence-corrected chi connectivity index (χ0v) is 18.5. The van der Waals surface area contributed by atoms with Gasteiger partial charge in [-0.2, -0.15) is 0 Å². The lowest BCUT2D eigenvalue weighted by molar-refractivity contribution is -0.159. The second-order valence-electron chi connectivity index (χ2n) is 10.5. The van der Waals surface area contributed by atoms with Crippen molar-refractivity contribution in [3.05, 3.63) is 35.6 Å². The third kappa shape index (κ3) is 3.99. The molecular formula is C25H34FN3O2. The van der Waals surface area contributed by atoms with Crippen molar-refractivity contribution in [1.82, 2.24) is 15.1 Å². The summed E-state index contributed by atoms with van der Waals surface area (Å²) >= 11 is 0. The third-order valence-corrected chi connectivity index (χ3v) is 8.43. The summed E-state index contributed by atoms with van der Waals surface area (Å²) in [5.41, 5.74) is 0.411. The number of hydrogen-bond donors (Lipinski definition) is 1. The standard InChI is InChI=1S/C25H34FN3O2/c1-17(23(30)27-16-21-4-2-3-5-22(21)26)28-6-8-29(9-7-28)24(31)25-13-18-10-19(14-25)12-20(11-18)15-25/h2-5,17-20H,6-16H2,1H3,(H,27,30). The van der Waals surface area contributed by atoms with Crippen molar-refractivity contribution >= 4 is 11.8 Å². The smallest absolute Gasteiger partial charge is 0.237 e. The molecule has 5 fully saturated rings. The van der Waals surface area contributed by atoms with Crippen molar-refractivity contribution in [1.29, 1.82) is 0 Å². The van der Waals surface area contributed by atoms with Gasteiger partial charge in [-0.1, -0.05) is 18.2 Å². The van der Waals surface area contributed by atoms with E-state index in [1.165, 1.54) is 25.3 Å². The molecule has 0 spiro atoms. The highest BCUT2D eigenvalue weighted by Crippen LogP contribution is 2.60. The van der Waals surface area contributed by atoms with Crippen LogP contribution >= 0.6 is 0 Å². The van der Waals surface area contributed by atoms with Crippen LogP contribution in [0.2, 0.25) is 0 Å². The highest BCUT2D eigenvalue weighted by Gasteiger charge is 2.55. The number of halogens is 1. The summed E-state index contributed by atoms with van der Waals surface area (Å²) in [4.78, 5) is 30.4. The zero-order chi connectivity index (χ0) is 21.6. The summed E-state index contributed by atoms with van der Waals surface area (Å²) in [6, 6.07) is 6.23. The van der Waals surface area contributed by atoms with E-state index >= 15 is 0 Å². The number of benzene rings is 1. The molecule has 0 aromatic heterocycles. The van der Waals surface area contributed by atoms with Crippen LogP contribution in [0.15, 0.2) is 24.3 Å². The number of nitrogens with zero attached hydrogens (tertiary/aromatic N) is 2. The van der Waals surface area contributed by atoms with E-state index in [1.54, 1.807) is 18.2 Å². The molecule has 1 saturated heterocycles. The second-order valence-corrected chi connectivity index (χ2v) is 10.5. The Hall–Kier alpha value is -1.95. The molecular weight excluding hydrogens is 393 g/mol. The molecule has 6 heteroatoms. The van der Waals surface area contributed by atoms with E-state index in [-0.39, 0.29) is 29.7 Å². The zero-order valence-electron chi connectivity index (χ0n) is 18.5. The molecule has 31 heavy (non-hydrogen) atoms. The molecule has 1 aliphatic heterocycles. The molecule has 168 valence electrons. The van der Waals surface area contributed by atoms with Gasteiger partial charge < -0.3 is 10.2 Å². The molecule has 1 aromatic rings. The molecule has 1 atom stereocenters. The van der Waals surface area contributed by atoms with Crippen LogP contribution < -0.4 is 5.32 Å². The molecule has 1 N–H and O–H groups in total. The Morgan fingerprint density at radius 2 is 1.61 bits per heavy atom. The van der Waals surface area contributed by atoms with E-state index in [4.69, 9.17) is 0 Å². The Morgan fingerprint density at radius 3 is 2.19 bits per heavy atom. The van der Waals surface area contributed by atoms with Crippen molar-refractivity contribution in [3.8, 4) is 0 Å². The van der Waals surface area contributed by atoms with Gasteiger partial charge in [-0.05, 0) is 69.3 Å². The highest BCUT2D eigenvalue weighted by atomic mass is 19.1. The van der Waals surface area contributed by atoms with Crippen molar-refractivity contribution in [2.75, 3.05) is 26.2 Å². The predicted molar refractivity (Wildman–Crippen MR) is 116 cm³/mol. The molecule has 5 nitrogen and oxygen atoms in total. The maximum Gasteiger partial charge on any atom is 0.237 e. The molecule has 1 aromatic carbocycles. The quantitative estimate of drug-likeness (QED) is 0.785. The number of hydrogen-bond acceptors (Lipinski definition) is 3. The molecule has 5 aliphatic rings. The van der Waals surface area contributed by atoms with E-state index in [2.05, 4.69) is 15.1 Å². The van der Waals surface area contributed by atoms with Crippen LogP contribution in [0.25, 0.3) is 0 Å². The Kier molecular flexibility index (Phi) is 5.53. The molecule has 4 aliphatic carbocycles. The Balaban J connectivity index is 1.14. The Morgan fingerprint density at radius 1 is 1.03 bits per heavy atom. The summed E-state index contributed by atoms with van der Waals surface area (Å²) in [6.45, 7) is 4.92. The van der Waals surface area contributed by atoms with Crippen LogP contribution in [0, 0.1) is 29.0 Å². The van der Waals surface area contributed by atoms with Gasteiger partial charge in [0, 0.05) is 38.3 Å². The lowest BCUT2D eigenvalue weighted by Gasteiger charge is -2.57. The molecule has 2 amide bonds. The van der Waals surface area contributed by atoms with E-state index in [9.17, 15) is 14.0 Å². The molecule has 0 radical (unpaired) electrons. The number of nitrogens with one attached hydrogen (secondary N) is 1. The fraction of sp³-hybridized carbons (Fsp3) is 0.680. The normalized spacial score (nSPS) is 33.4. The van der Waals surface area contributed by atoms with E-state index < -0.39 is 0 Å². The van der Waals surface area contributed by atoms with E-state index in [0.29, 0.717) is 37.6 Å². The van der Waals surface area contributed by atoms with Gasteiger partial charge in [0.05, 0.1) is 11.5 Å². The maximum atomic E-state index is 13.8. The molecule has 4 bridgehead atoms. The number of rotatable bonds is 5. The second kappa shape index (κ2) is 8.19. The van der Waals surface area contributed by atoms with Gasteiger partial charge in [-0.15, -0.1) is 0 Å². The van der Waals surface area contributed by atoms with Crippen molar-refractivity contribution in [2.45, 2.75) is 58.0 Å². The molecule has 1 heterocycles. The highest BCUT2D eigenvalue weighted by molar-refractivity contribution is 5.84.